The molecule has 184 valence electrons. The van der Waals surface area contributed by atoms with Crippen LogP contribution in [0.2, 0.25) is 0 Å². The molecule has 0 aliphatic carbocycles. The number of hydrogen-bond acceptors (Lipinski definition) is 3. The summed E-state index contributed by atoms with van der Waals surface area (Å²) in [7, 11) is 0.489. The Hall–Kier alpha value is -4.57. The van der Waals surface area contributed by atoms with Crippen LogP contribution in [0.1, 0.15) is 36.6 Å². The summed E-state index contributed by atoms with van der Waals surface area (Å²) in [6.07, 6.45) is 22.3. The van der Waals surface area contributed by atoms with Crippen LogP contribution < -0.4 is 11.2 Å². The van der Waals surface area contributed by atoms with Crippen molar-refractivity contribution < 1.29 is 0 Å². The van der Waals surface area contributed by atoms with E-state index in [0.717, 1.165) is 38.9 Å². The molecule has 0 saturated carbocycles. The molecule has 0 saturated heterocycles. The molecule has 0 aliphatic heterocycles. The highest BCUT2D eigenvalue weighted by Crippen LogP contribution is 2.22. The SMILES string of the molecule is C=C/C=C(\C=C)c1cc(Bc2nc(/C(C=C)=C/C)nc(/C(C=C)=C/C=C\C)n2)cc(/C(C=C)=C/C=C)c1. The van der Waals surface area contributed by atoms with Crippen LogP contribution in [0.3, 0.4) is 0 Å². The van der Waals surface area contributed by atoms with Crippen molar-refractivity contribution >= 4 is 40.8 Å². The second-order valence-electron chi connectivity index (χ2n) is 7.92. The van der Waals surface area contributed by atoms with E-state index in [0.29, 0.717) is 24.7 Å². The van der Waals surface area contributed by atoms with Gasteiger partial charge in [0.05, 0.1) is 5.72 Å². The Morgan fingerprint density at radius 1 is 0.649 bits per heavy atom. The fourth-order valence-corrected chi connectivity index (χ4v) is 3.66. The summed E-state index contributed by atoms with van der Waals surface area (Å²) in [5.41, 5.74) is 7.25. The van der Waals surface area contributed by atoms with Crippen LogP contribution in [0.4, 0.5) is 0 Å². The van der Waals surface area contributed by atoms with Crippen molar-refractivity contribution in [3.05, 3.63) is 153 Å². The van der Waals surface area contributed by atoms with Crippen LogP contribution in [-0.4, -0.2) is 22.2 Å². The van der Waals surface area contributed by atoms with Crippen LogP contribution in [0, 0.1) is 0 Å². The van der Waals surface area contributed by atoms with Gasteiger partial charge in [0, 0.05) is 11.1 Å². The van der Waals surface area contributed by atoms with E-state index in [9.17, 15) is 0 Å². The molecule has 3 nitrogen and oxygen atoms in total. The van der Waals surface area contributed by atoms with Crippen molar-refractivity contribution in [2.24, 2.45) is 0 Å². The standard InChI is InChI=1S/C33H34BN3/c1-9-17-20-27(16-8)32-35-31(24(12-4)13-5)36-33(37-32)34-30-22-28(25(14-6)18-10-2)21-29(23-30)26(15-7)19-11-3/h9-23,34H,2-4,6-8H2,1,5H3/b17-9-,24-13+,25-18+,26-19+,27-20+. The van der Waals surface area contributed by atoms with Gasteiger partial charge < -0.3 is 0 Å². The largest absolute Gasteiger partial charge is 0.241 e. The normalized spacial score (nSPS) is 12.7. The Kier molecular flexibility index (Phi) is 11.4. The quantitative estimate of drug-likeness (QED) is 0.241. The summed E-state index contributed by atoms with van der Waals surface area (Å²) >= 11 is 0. The fourth-order valence-electron chi connectivity index (χ4n) is 3.66. The molecule has 0 fully saturated rings. The molecule has 0 N–H and O–H groups in total. The maximum absolute atomic E-state index is 4.81. The lowest BCUT2D eigenvalue weighted by Crippen LogP contribution is -2.34. The third-order valence-corrected chi connectivity index (χ3v) is 5.47. The molecule has 0 amide bonds. The summed E-state index contributed by atoms with van der Waals surface area (Å²) in [6.45, 7) is 27.4. The average Bonchev–Trinajstić information content (AvgIpc) is 2.91. The molecule has 2 aromatic rings. The zero-order valence-electron chi connectivity index (χ0n) is 22.0. The van der Waals surface area contributed by atoms with Crippen LogP contribution in [0.5, 0.6) is 0 Å². The van der Waals surface area contributed by atoms with Crippen LogP contribution in [0.25, 0.3) is 22.3 Å². The van der Waals surface area contributed by atoms with Crippen LogP contribution in [-0.2, 0) is 0 Å². The summed E-state index contributed by atoms with van der Waals surface area (Å²) < 4.78 is 0. The number of benzene rings is 1. The number of rotatable bonds is 13. The highest BCUT2D eigenvalue weighted by Gasteiger charge is 2.14. The minimum Gasteiger partial charge on any atom is -0.224 e. The number of allylic oxidation sites excluding steroid dienone is 16. The van der Waals surface area contributed by atoms with Crippen molar-refractivity contribution in [1.29, 1.82) is 0 Å². The number of nitrogens with zero attached hydrogens (tertiary/aromatic N) is 3. The summed E-state index contributed by atoms with van der Waals surface area (Å²) in [5, 5.41) is 0. The predicted molar refractivity (Wildman–Crippen MR) is 166 cm³/mol. The maximum atomic E-state index is 4.81. The average molecular weight is 483 g/mol. The Morgan fingerprint density at radius 3 is 1.59 bits per heavy atom. The maximum Gasteiger partial charge on any atom is 0.241 e. The lowest BCUT2D eigenvalue weighted by atomic mass is 9.68. The van der Waals surface area contributed by atoms with E-state index in [-0.39, 0.29) is 0 Å². The van der Waals surface area contributed by atoms with Crippen molar-refractivity contribution in [2.75, 3.05) is 0 Å². The lowest BCUT2D eigenvalue weighted by molar-refractivity contribution is 1.03. The van der Waals surface area contributed by atoms with Gasteiger partial charge in [0.1, 0.15) is 0 Å². The zero-order valence-corrected chi connectivity index (χ0v) is 22.0. The molecular weight excluding hydrogens is 449 g/mol. The van der Waals surface area contributed by atoms with E-state index in [1.807, 2.05) is 62.5 Å². The van der Waals surface area contributed by atoms with Gasteiger partial charge in [-0.1, -0.05) is 130 Å². The van der Waals surface area contributed by atoms with Gasteiger partial charge in [0.2, 0.25) is 7.28 Å². The van der Waals surface area contributed by atoms with Gasteiger partial charge in [0.25, 0.3) is 0 Å². The molecule has 0 radical (unpaired) electrons. The smallest absolute Gasteiger partial charge is 0.224 e. The fraction of sp³-hybridized carbons (Fsp3) is 0.0606. The first-order valence-corrected chi connectivity index (χ1v) is 12.0. The van der Waals surface area contributed by atoms with Crippen molar-refractivity contribution in [1.82, 2.24) is 15.0 Å². The van der Waals surface area contributed by atoms with Gasteiger partial charge in [-0.05, 0) is 42.2 Å². The molecule has 1 aromatic heterocycles. The molecule has 0 spiro atoms. The Balaban J connectivity index is 2.79. The molecule has 2 rings (SSSR count). The Labute approximate surface area is 222 Å². The van der Waals surface area contributed by atoms with E-state index in [4.69, 9.17) is 15.0 Å². The van der Waals surface area contributed by atoms with Gasteiger partial charge in [-0.2, -0.15) is 0 Å². The van der Waals surface area contributed by atoms with Gasteiger partial charge in [0.15, 0.2) is 11.6 Å². The summed E-state index contributed by atoms with van der Waals surface area (Å²) in [6, 6.07) is 6.34. The van der Waals surface area contributed by atoms with E-state index < -0.39 is 0 Å². The third kappa shape index (κ3) is 7.71. The number of aromatic nitrogens is 3. The van der Waals surface area contributed by atoms with Crippen molar-refractivity contribution in [3.8, 4) is 0 Å². The monoisotopic (exact) mass is 483 g/mol. The van der Waals surface area contributed by atoms with Gasteiger partial charge in [-0.25, -0.2) is 15.0 Å². The van der Waals surface area contributed by atoms with E-state index in [1.165, 1.54) is 0 Å². The zero-order chi connectivity index (χ0) is 27.2. The highest BCUT2D eigenvalue weighted by molar-refractivity contribution is 6.65. The second-order valence-corrected chi connectivity index (χ2v) is 7.92. The van der Waals surface area contributed by atoms with Crippen LogP contribution in [0.15, 0.2) is 131 Å². The molecule has 0 unspecified atom stereocenters. The van der Waals surface area contributed by atoms with Gasteiger partial charge in [-0.3, -0.25) is 0 Å². The first kappa shape index (κ1) is 28.7. The molecule has 0 aliphatic rings. The molecule has 4 heteroatoms. The van der Waals surface area contributed by atoms with Crippen molar-refractivity contribution in [2.45, 2.75) is 13.8 Å². The summed E-state index contributed by atoms with van der Waals surface area (Å²) in [5.74, 6) is 1.13. The molecular formula is C33H34BN3. The number of hydrogen-bond donors (Lipinski definition) is 0. The highest BCUT2D eigenvalue weighted by atomic mass is 15.0. The van der Waals surface area contributed by atoms with E-state index >= 15 is 0 Å². The topological polar surface area (TPSA) is 38.7 Å². The Morgan fingerprint density at radius 2 is 1.16 bits per heavy atom. The first-order valence-electron chi connectivity index (χ1n) is 12.0. The van der Waals surface area contributed by atoms with E-state index in [1.54, 1.807) is 24.3 Å². The third-order valence-electron chi connectivity index (χ3n) is 5.47. The minimum absolute atomic E-state index is 0.489. The molecule has 1 heterocycles. The molecule has 0 atom stereocenters. The predicted octanol–water partition coefficient (Wildman–Crippen LogP) is 6.50. The molecule has 0 bridgehead atoms. The molecule has 1 aromatic carbocycles. The molecule has 37 heavy (non-hydrogen) atoms. The summed E-state index contributed by atoms with van der Waals surface area (Å²) in [4.78, 5) is 14.3. The minimum atomic E-state index is 0.489. The van der Waals surface area contributed by atoms with Crippen molar-refractivity contribution in [3.63, 3.8) is 0 Å². The lowest BCUT2D eigenvalue weighted by Gasteiger charge is -2.12. The second kappa shape index (κ2) is 14.7. The first-order chi connectivity index (χ1) is 18.0. The van der Waals surface area contributed by atoms with E-state index in [2.05, 4.69) is 57.7 Å². The Bertz CT molecular complexity index is 1320. The van der Waals surface area contributed by atoms with Gasteiger partial charge >= 0.3 is 0 Å². The van der Waals surface area contributed by atoms with Gasteiger partial charge in [-0.15, -0.1) is 0 Å². The van der Waals surface area contributed by atoms with Crippen LogP contribution >= 0.6 is 0 Å².